The van der Waals surface area contributed by atoms with E-state index in [1.807, 2.05) is 42.0 Å². The molecule has 1 aromatic carbocycles. The SMILES string of the molecule is Cc1ccc(NC(=O)c2cc(Br)cn2C2CC2)c(Cl)c1. The van der Waals surface area contributed by atoms with Gasteiger partial charge in [0.25, 0.3) is 5.91 Å². The van der Waals surface area contributed by atoms with Crippen molar-refractivity contribution in [3.05, 3.63) is 51.2 Å². The van der Waals surface area contributed by atoms with Crippen LogP contribution in [0.2, 0.25) is 5.02 Å². The van der Waals surface area contributed by atoms with E-state index in [0.29, 0.717) is 22.4 Å². The molecule has 1 saturated carbocycles. The molecule has 1 heterocycles. The number of benzene rings is 1. The van der Waals surface area contributed by atoms with Crippen LogP contribution < -0.4 is 5.32 Å². The van der Waals surface area contributed by atoms with Gasteiger partial charge in [0.15, 0.2) is 0 Å². The van der Waals surface area contributed by atoms with Gasteiger partial charge in [-0.3, -0.25) is 4.79 Å². The highest BCUT2D eigenvalue weighted by atomic mass is 79.9. The van der Waals surface area contributed by atoms with Crippen molar-refractivity contribution in [1.29, 1.82) is 0 Å². The number of rotatable bonds is 3. The summed E-state index contributed by atoms with van der Waals surface area (Å²) in [6.07, 6.45) is 4.22. The van der Waals surface area contributed by atoms with Crippen molar-refractivity contribution in [1.82, 2.24) is 4.57 Å². The fraction of sp³-hybridized carbons (Fsp3) is 0.267. The molecular formula is C15H14BrClN2O. The Morgan fingerprint density at radius 2 is 2.15 bits per heavy atom. The zero-order valence-electron chi connectivity index (χ0n) is 11.0. The van der Waals surface area contributed by atoms with E-state index in [1.165, 1.54) is 0 Å². The number of nitrogens with one attached hydrogen (secondary N) is 1. The average molecular weight is 354 g/mol. The molecule has 0 bridgehead atoms. The van der Waals surface area contributed by atoms with E-state index >= 15 is 0 Å². The van der Waals surface area contributed by atoms with E-state index in [-0.39, 0.29) is 5.91 Å². The third kappa shape index (κ3) is 2.76. The quantitative estimate of drug-likeness (QED) is 0.845. The highest BCUT2D eigenvalue weighted by molar-refractivity contribution is 9.10. The van der Waals surface area contributed by atoms with Gasteiger partial charge in [-0.1, -0.05) is 17.7 Å². The molecule has 2 aromatic rings. The first-order valence-electron chi connectivity index (χ1n) is 6.49. The molecule has 3 rings (SSSR count). The van der Waals surface area contributed by atoms with Crippen molar-refractivity contribution < 1.29 is 4.79 Å². The van der Waals surface area contributed by atoms with Crippen molar-refractivity contribution >= 4 is 39.1 Å². The Kier molecular flexibility index (Phi) is 3.61. The lowest BCUT2D eigenvalue weighted by atomic mass is 10.2. The molecule has 1 N–H and O–H groups in total. The van der Waals surface area contributed by atoms with Crippen LogP contribution in [-0.2, 0) is 0 Å². The van der Waals surface area contributed by atoms with Crippen LogP contribution in [0, 0.1) is 6.92 Å². The zero-order chi connectivity index (χ0) is 14.3. The smallest absolute Gasteiger partial charge is 0.272 e. The van der Waals surface area contributed by atoms with E-state index in [2.05, 4.69) is 21.2 Å². The maximum atomic E-state index is 12.4. The number of carbonyl (C=O) groups is 1. The molecule has 1 aromatic heterocycles. The van der Waals surface area contributed by atoms with Gasteiger partial charge in [0.1, 0.15) is 5.69 Å². The summed E-state index contributed by atoms with van der Waals surface area (Å²) in [4.78, 5) is 12.4. The molecule has 0 saturated heterocycles. The molecule has 20 heavy (non-hydrogen) atoms. The maximum Gasteiger partial charge on any atom is 0.272 e. The van der Waals surface area contributed by atoms with E-state index in [9.17, 15) is 4.79 Å². The number of halogens is 2. The minimum Gasteiger partial charge on any atom is -0.339 e. The summed E-state index contributed by atoms with van der Waals surface area (Å²) in [5.41, 5.74) is 2.37. The highest BCUT2D eigenvalue weighted by Crippen LogP contribution is 2.37. The predicted molar refractivity (Wildman–Crippen MR) is 84.5 cm³/mol. The molecule has 0 aliphatic heterocycles. The fourth-order valence-corrected chi connectivity index (χ4v) is 2.91. The molecule has 104 valence electrons. The molecule has 1 aliphatic carbocycles. The van der Waals surface area contributed by atoms with Crippen molar-refractivity contribution in [2.75, 3.05) is 5.32 Å². The fourth-order valence-electron chi connectivity index (χ4n) is 2.19. The molecule has 5 heteroatoms. The molecule has 0 spiro atoms. The minimum absolute atomic E-state index is 0.131. The maximum absolute atomic E-state index is 12.4. The predicted octanol–water partition coefficient (Wildman–Crippen LogP) is 4.80. The second kappa shape index (κ2) is 5.26. The average Bonchev–Trinajstić information content (AvgIpc) is 3.16. The van der Waals surface area contributed by atoms with Crippen LogP contribution in [0.25, 0.3) is 0 Å². The molecule has 1 aliphatic rings. The first-order valence-corrected chi connectivity index (χ1v) is 7.66. The second-order valence-corrected chi connectivity index (χ2v) is 6.44. The van der Waals surface area contributed by atoms with Gasteiger partial charge in [-0.05, 0) is 59.5 Å². The number of carbonyl (C=O) groups excluding carboxylic acids is 1. The lowest BCUT2D eigenvalue weighted by Crippen LogP contribution is -2.16. The lowest BCUT2D eigenvalue weighted by Gasteiger charge is -2.10. The molecule has 3 nitrogen and oxygen atoms in total. The number of anilines is 1. The van der Waals surface area contributed by atoms with Gasteiger partial charge >= 0.3 is 0 Å². The second-order valence-electron chi connectivity index (χ2n) is 5.12. The van der Waals surface area contributed by atoms with Gasteiger partial charge in [0.05, 0.1) is 10.7 Å². The summed E-state index contributed by atoms with van der Waals surface area (Å²) in [6, 6.07) is 7.89. The monoisotopic (exact) mass is 352 g/mol. The van der Waals surface area contributed by atoms with Gasteiger partial charge in [0.2, 0.25) is 0 Å². The molecular weight excluding hydrogens is 340 g/mol. The van der Waals surface area contributed by atoms with Crippen molar-refractivity contribution in [3.63, 3.8) is 0 Å². The first kappa shape index (κ1) is 13.7. The van der Waals surface area contributed by atoms with Gasteiger partial charge < -0.3 is 9.88 Å². The third-order valence-corrected chi connectivity index (χ3v) is 4.11. The number of hydrogen-bond donors (Lipinski definition) is 1. The number of amides is 1. The zero-order valence-corrected chi connectivity index (χ0v) is 13.3. The van der Waals surface area contributed by atoms with Crippen LogP contribution >= 0.6 is 27.5 Å². The Hall–Kier alpha value is -1.26. The van der Waals surface area contributed by atoms with Gasteiger partial charge in [-0.25, -0.2) is 0 Å². The van der Waals surface area contributed by atoms with Crippen LogP contribution in [0.3, 0.4) is 0 Å². The number of hydrogen-bond acceptors (Lipinski definition) is 1. The van der Waals surface area contributed by atoms with Crippen LogP contribution in [-0.4, -0.2) is 10.5 Å². The number of aryl methyl sites for hydroxylation is 1. The van der Waals surface area contributed by atoms with Gasteiger partial charge in [-0.15, -0.1) is 0 Å². The molecule has 0 radical (unpaired) electrons. The van der Waals surface area contributed by atoms with Crippen molar-refractivity contribution in [2.24, 2.45) is 0 Å². The summed E-state index contributed by atoms with van der Waals surface area (Å²) in [6.45, 7) is 1.97. The highest BCUT2D eigenvalue weighted by Gasteiger charge is 2.27. The largest absolute Gasteiger partial charge is 0.339 e. The van der Waals surface area contributed by atoms with Gasteiger partial charge in [0, 0.05) is 16.7 Å². The Balaban J connectivity index is 1.86. The summed E-state index contributed by atoms with van der Waals surface area (Å²) < 4.78 is 2.95. The Bertz CT molecular complexity index is 677. The number of aromatic nitrogens is 1. The summed E-state index contributed by atoms with van der Waals surface area (Å²) in [5.74, 6) is -0.131. The topological polar surface area (TPSA) is 34.0 Å². The normalized spacial score (nSPS) is 14.3. The standard InChI is InChI=1S/C15H14BrClN2O/c1-9-2-5-13(12(17)6-9)18-15(20)14-7-10(16)8-19(14)11-3-4-11/h2,5-8,11H,3-4H2,1H3,(H,18,20). The molecule has 1 amide bonds. The summed E-state index contributed by atoms with van der Waals surface area (Å²) in [5, 5.41) is 3.43. The van der Waals surface area contributed by atoms with Gasteiger partial charge in [-0.2, -0.15) is 0 Å². The van der Waals surface area contributed by atoms with E-state index in [1.54, 1.807) is 0 Å². The van der Waals surface area contributed by atoms with Crippen LogP contribution in [0.1, 0.15) is 34.9 Å². The van der Waals surface area contributed by atoms with Crippen molar-refractivity contribution in [3.8, 4) is 0 Å². The molecule has 0 atom stereocenters. The van der Waals surface area contributed by atoms with Crippen LogP contribution in [0.5, 0.6) is 0 Å². The molecule has 1 fully saturated rings. The summed E-state index contributed by atoms with van der Waals surface area (Å²) >= 11 is 9.58. The molecule has 0 unspecified atom stereocenters. The number of nitrogens with zero attached hydrogens (tertiary/aromatic N) is 1. The first-order chi connectivity index (χ1) is 9.54. The van der Waals surface area contributed by atoms with E-state index in [4.69, 9.17) is 11.6 Å². The van der Waals surface area contributed by atoms with Crippen LogP contribution in [0.15, 0.2) is 34.9 Å². The Morgan fingerprint density at radius 1 is 1.40 bits per heavy atom. The lowest BCUT2D eigenvalue weighted by molar-refractivity contribution is 0.101. The Morgan fingerprint density at radius 3 is 2.80 bits per heavy atom. The Labute approximate surface area is 131 Å². The third-order valence-electron chi connectivity index (χ3n) is 3.36. The van der Waals surface area contributed by atoms with E-state index in [0.717, 1.165) is 22.9 Å². The van der Waals surface area contributed by atoms with Crippen molar-refractivity contribution in [2.45, 2.75) is 25.8 Å². The minimum atomic E-state index is -0.131. The summed E-state index contributed by atoms with van der Waals surface area (Å²) in [7, 11) is 0. The van der Waals surface area contributed by atoms with Crippen LogP contribution in [0.4, 0.5) is 5.69 Å². The van der Waals surface area contributed by atoms with E-state index < -0.39 is 0 Å².